The zero-order valence-corrected chi connectivity index (χ0v) is 8.80. The Labute approximate surface area is 92.2 Å². The van der Waals surface area contributed by atoms with Crippen LogP contribution in [0.25, 0.3) is 0 Å². The maximum atomic E-state index is 11.1. The van der Waals surface area contributed by atoms with Crippen molar-refractivity contribution in [2.24, 2.45) is 0 Å². The van der Waals surface area contributed by atoms with Crippen molar-refractivity contribution in [1.82, 2.24) is 0 Å². The molecule has 0 radical (unpaired) electrons. The molecule has 1 fully saturated rings. The molecule has 1 aliphatic rings. The summed E-state index contributed by atoms with van der Waals surface area (Å²) < 4.78 is 5.23. The average Bonchev–Trinajstić information content (AvgIpc) is 2.60. The minimum absolute atomic E-state index is 0.0386. The number of carbonyl (C=O) groups is 1. The van der Waals surface area contributed by atoms with Gasteiger partial charge in [0.05, 0.1) is 4.92 Å². The van der Waals surface area contributed by atoms with Crippen molar-refractivity contribution in [3.05, 3.63) is 39.9 Å². The molecule has 5 nitrogen and oxygen atoms in total. The molecule has 0 bridgehead atoms. The number of ether oxygens (including phenoxy) is 1. The van der Waals surface area contributed by atoms with Gasteiger partial charge in [0.1, 0.15) is 5.60 Å². The Bertz CT molecular complexity index is 440. The van der Waals surface area contributed by atoms with Crippen LogP contribution in [-0.2, 0) is 15.1 Å². The summed E-state index contributed by atoms with van der Waals surface area (Å²) in [5.41, 5.74) is 0.201. The van der Waals surface area contributed by atoms with Gasteiger partial charge in [-0.15, -0.1) is 0 Å². The lowest BCUT2D eigenvalue weighted by Gasteiger charge is -2.22. The number of cyclic esters (lactones) is 1. The van der Waals surface area contributed by atoms with Gasteiger partial charge >= 0.3 is 5.97 Å². The summed E-state index contributed by atoms with van der Waals surface area (Å²) in [4.78, 5) is 21.1. The fraction of sp³-hybridized carbons (Fsp3) is 0.364. The monoisotopic (exact) mass is 221 g/mol. The van der Waals surface area contributed by atoms with Gasteiger partial charge in [0, 0.05) is 25.0 Å². The molecule has 0 amide bonds. The lowest BCUT2D eigenvalue weighted by atomic mass is 9.93. The molecule has 84 valence electrons. The lowest BCUT2D eigenvalue weighted by molar-refractivity contribution is -0.384. The Balaban J connectivity index is 2.28. The molecule has 1 aliphatic heterocycles. The van der Waals surface area contributed by atoms with Crippen LogP contribution in [0.5, 0.6) is 0 Å². The Morgan fingerprint density at radius 1 is 1.38 bits per heavy atom. The van der Waals surface area contributed by atoms with E-state index in [2.05, 4.69) is 0 Å². The van der Waals surface area contributed by atoms with E-state index in [1.807, 2.05) is 6.92 Å². The van der Waals surface area contributed by atoms with E-state index in [0.717, 1.165) is 5.56 Å². The highest BCUT2D eigenvalue weighted by molar-refractivity contribution is 5.72. The fourth-order valence-electron chi connectivity index (χ4n) is 1.83. The Morgan fingerprint density at radius 3 is 2.44 bits per heavy atom. The van der Waals surface area contributed by atoms with Crippen molar-refractivity contribution in [3.63, 3.8) is 0 Å². The third-order valence-corrected chi connectivity index (χ3v) is 2.83. The zero-order valence-electron chi connectivity index (χ0n) is 8.80. The molecule has 16 heavy (non-hydrogen) atoms. The Morgan fingerprint density at radius 2 is 2.00 bits per heavy atom. The predicted octanol–water partition coefficient (Wildman–Crippen LogP) is 2.15. The van der Waals surface area contributed by atoms with E-state index in [9.17, 15) is 14.9 Å². The van der Waals surface area contributed by atoms with Crippen LogP contribution in [0.2, 0.25) is 0 Å². The van der Waals surface area contributed by atoms with Gasteiger partial charge in [0.15, 0.2) is 0 Å². The number of benzene rings is 1. The smallest absolute Gasteiger partial charge is 0.306 e. The van der Waals surface area contributed by atoms with Gasteiger partial charge in [-0.2, -0.15) is 0 Å². The molecular formula is C11H11NO4. The number of hydrogen-bond acceptors (Lipinski definition) is 4. The summed E-state index contributed by atoms with van der Waals surface area (Å²) in [5, 5.41) is 10.5. The highest BCUT2D eigenvalue weighted by atomic mass is 16.6. The second-order valence-corrected chi connectivity index (χ2v) is 4.01. The quantitative estimate of drug-likeness (QED) is 0.436. The molecular weight excluding hydrogens is 210 g/mol. The minimum atomic E-state index is -0.633. The molecule has 1 atom stereocenters. The Kier molecular flexibility index (Phi) is 2.38. The van der Waals surface area contributed by atoms with Crippen molar-refractivity contribution >= 4 is 11.7 Å². The minimum Gasteiger partial charge on any atom is -0.454 e. The fourth-order valence-corrected chi connectivity index (χ4v) is 1.83. The molecule has 1 heterocycles. The maximum Gasteiger partial charge on any atom is 0.306 e. The summed E-state index contributed by atoms with van der Waals surface area (Å²) in [6.45, 7) is 1.82. The van der Waals surface area contributed by atoms with E-state index in [1.54, 1.807) is 12.1 Å². The van der Waals surface area contributed by atoms with E-state index in [-0.39, 0.29) is 11.7 Å². The van der Waals surface area contributed by atoms with E-state index in [0.29, 0.717) is 12.8 Å². The average molecular weight is 221 g/mol. The molecule has 5 heteroatoms. The normalized spacial score (nSPS) is 24.2. The molecule has 1 aromatic rings. The maximum absolute atomic E-state index is 11.1. The highest BCUT2D eigenvalue weighted by Gasteiger charge is 2.37. The third kappa shape index (κ3) is 1.76. The summed E-state index contributed by atoms with van der Waals surface area (Å²) in [7, 11) is 0. The van der Waals surface area contributed by atoms with E-state index in [1.165, 1.54) is 12.1 Å². The van der Waals surface area contributed by atoms with Crippen LogP contribution in [0.15, 0.2) is 24.3 Å². The first-order valence-electron chi connectivity index (χ1n) is 4.98. The molecule has 1 aromatic carbocycles. The van der Waals surface area contributed by atoms with Crippen molar-refractivity contribution in [2.45, 2.75) is 25.4 Å². The van der Waals surface area contributed by atoms with Crippen molar-refractivity contribution in [2.75, 3.05) is 0 Å². The molecule has 0 N–H and O–H groups in total. The van der Waals surface area contributed by atoms with Gasteiger partial charge < -0.3 is 4.74 Å². The van der Waals surface area contributed by atoms with Crippen LogP contribution < -0.4 is 0 Å². The number of nitrogens with zero attached hydrogens (tertiary/aromatic N) is 1. The van der Waals surface area contributed by atoms with Crippen LogP contribution in [-0.4, -0.2) is 10.9 Å². The number of nitro groups is 1. The number of nitro benzene ring substituents is 1. The van der Waals surface area contributed by atoms with Crippen molar-refractivity contribution < 1.29 is 14.5 Å². The Hall–Kier alpha value is -1.91. The molecule has 0 spiro atoms. The zero-order chi connectivity index (χ0) is 11.8. The molecule has 1 unspecified atom stereocenters. The number of hydrogen-bond donors (Lipinski definition) is 0. The summed E-state index contributed by atoms with van der Waals surface area (Å²) >= 11 is 0. The van der Waals surface area contributed by atoms with Crippen LogP contribution in [0.4, 0.5) is 5.69 Å². The topological polar surface area (TPSA) is 69.4 Å². The van der Waals surface area contributed by atoms with E-state index < -0.39 is 10.5 Å². The van der Waals surface area contributed by atoms with Crippen LogP contribution in [0, 0.1) is 10.1 Å². The molecule has 1 saturated heterocycles. The van der Waals surface area contributed by atoms with E-state index in [4.69, 9.17) is 4.74 Å². The standard InChI is InChI=1S/C11H11NO4/c1-11(7-6-10(13)16-11)8-2-4-9(5-3-8)12(14)15/h2-5H,6-7H2,1H3. The van der Waals surface area contributed by atoms with E-state index >= 15 is 0 Å². The second-order valence-electron chi connectivity index (χ2n) is 4.01. The number of carbonyl (C=O) groups excluding carboxylic acids is 1. The largest absolute Gasteiger partial charge is 0.454 e. The van der Waals surface area contributed by atoms with Gasteiger partial charge in [0.2, 0.25) is 0 Å². The van der Waals surface area contributed by atoms with Gasteiger partial charge in [0.25, 0.3) is 5.69 Å². The summed E-state index contributed by atoms with van der Waals surface area (Å²) in [6, 6.07) is 6.12. The van der Waals surface area contributed by atoms with Crippen LogP contribution in [0.3, 0.4) is 0 Å². The molecule has 0 aliphatic carbocycles. The molecule has 0 saturated carbocycles. The number of non-ortho nitro benzene ring substituents is 1. The lowest BCUT2D eigenvalue weighted by Crippen LogP contribution is -2.20. The summed E-state index contributed by atoms with van der Waals surface area (Å²) in [6.07, 6.45) is 1.01. The third-order valence-electron chi connectivity index (χ3n) is 2.83. The molecule has 0 aromatic heterocycles. The van der Waals surface area contributed by atoms with Gasteiger partial charge in [-0.25, -0.2) is 0 Å². The van der Waals surface area contributed by atoms with Crippen molar-refractivity contribution in [3.8, 4) is 0 Å². The first-order chi connectivity index (χ1) is 7.51. The summed E-state index contributed by atoms with van der Waals surface area (Å²) in [5.74, 6) is -0.221. The van der Waals surface area contributed by atoms with Gasteiger partial charge in [-0.1, -0.05) is 0 Å². The van der Waals surface area contributed by atoms with Gasteiger partial charge in [-0.05, 0) is 24.6 Å². The first-order valence-corrected chi connectivity index (χ1v) is 4.98. The number of rotatable bonds is 2. The predicted molar refractivity (Wildman–Crippen MR) is 55.8 cm³/mol. The molecule has 2 rings (SSSR count). The second kappa shape index (κ2) is 3.59. The van der Waals surface area contributed by atoms with Crippen molar-refractivity contribution in [1.29, 1.82) is 0 Å². The highest BCUT2D eigenvalue weighted by Crippen LogP contribution is 2.36. The first kappa shape index (κ1) is 10.6. The SMILES string of the molecule is CC1(c2ccc([N+](=O)[O-])cc2)CCC(=O)O1. The van der Waals surface area contributed by atoms with Crippen LogP contribution in [0.1, 0.15) is 25.3 Å². The number of esters is 1. The van der Waals surface area contributed by atoms with Crippen LogP contribution >= 0.6 is 0 Å². The van der Waals surface area contributed by atoms with Gasteiger partial charge in [-0.3, -0.25) is 14.9 Å².